The summed E-state index contributed by atoms with van der Waals surface area (Å²) < 4.78 is 13.3. The van der Waals surface area contributed by atoms with Gasteiger partial charge in [-0.15, -0.1) is 5.10 Å². The monoisotopic (exact) mass is 310 g/mol. The number of hydrogen-bond acceptors (Lipinski definition) is 4. The van der Waals surface area contributed by atoms with E-state index in [-0.39, 0.29) is 11.9 Å². The van der Waals surface area contributed by atoms with E-state index in [0.717, 1.165) is 48.1 Å². The van der Waals surface area contributed by atoms with Crippen molar-refractivity contribution in [3.8, 4) is 6.07 Å². The third-order valence-electron chi connectivity index (χ3n) is 4.45. The van der Waals surface area contributed by atoms with Gasteiger partial charge in [0.05, 0.1) is 11.7 Å². The molecule has 0 saturated carbocycles. The molecule has 1 unspecified atom stereocenters. The number of aryl methyl sites for hydroxylation is 2. The number of nitrogens with one attached hydrogen (secondary N) is 1. The Labute approximate surface area is 135 Å². The number of nitriles is 1. The van der Waals surface area contributed by atoms with Gasteiger partial charge < -0.3 is 5.32 Å². The molecule has 1 aromatic carbocycles. The van der Waals surface area contributed by atoms with Crippen LogP contribution in [0.15, 0.2) is 18.2 Å². The van der Waals surface area contributed by atoms with Gasteiger partial charge in [0, 0.05) is 0 Å². The SMILES string of the molecule is CCc1nnc(NC2CCc3cc(F)ccc32)c(C#N)c1CC. The van der Waals surface area contributed by atoms with Gasteiger partial charge in [0.2, 0.25) is 0 Å². The lowest BCUT2D eigenvalue weighted by Gasteiger charge is -2.17. The molecule has 23 heavy (non-hydrogen) atoms. The smallest absolute Gasteiger partial charge is 0.167 e. The zero-order valence-electron chi connectivity index (χ0n) is 13.4. The first kappa shape index (κ1) is 15.4. The summed E-state index contributed by atoms with van der Waals surface area (Å²) in [5, 5.41) is 21.4. The largest absolute Gasteiger partial charge is 0.361 e. The third-order valence-corrected chi connectivity index (χ3v) is 4.45. The quantitative estimate of drug-likeness (QED) is 0.935. The van der Waals surface area contributed by atoms with Crippen LogP contribution in [0, 0.1) is 17.1 Å². The lowest BCUT2D eigenvalue weighted by atomic mass is 10.0. The van der Waals surface area contributed by atoms with Crippen LogP contribution in [0.4, 0.5) is 10.2 Å². The molecule has 5 heteroatoms. The summed E-state index contributed by atoms with van der Waals surface area (Å²) in [5.41, 5.74) is 4.52. The van der Waals surface area contributed by atoms with Crippen LogP contribution in [0.5, 0.6) is 0 Å². The number of hydrogen-bond donors (Lipinski definition) is 1. The van der Waals surface area contributed by atoms with E-state index in [1.165, 1.54) is 6.07 Å². The van der Waals surface area contributed by atoms with Crippen LogP contribution in [0.3, 0.4) is 0 Å². The molecule has 0 spiro atoms. The van der Waals surface area contributed by atoms with Gasteiger partial charge in [-0.2, -0.15) is 10.4 Å². The second-order valence-corrected chi connectivity index (χ2v) is 5.75. The molecule has 1 heterocycles. The van der Waals surface area contributed by atoms with Crippen LogP contribution in [0.2, 0.25) is 0 Å². The number of nitrogens with zero attached hydrogens (tertiary/aromatic N) is 3. The van der Waals surface area contributed by atoms with E-state index >= 15 is 0 Å². The molecule has 0 saturated heterocycles. The fourth-order valence-corrected chi connectivity index (χ4v) is 3.30. The average molecular weight is 310 g/mol. The maximum Gasteiger partial charge on any atom is 0.167 e. The Morgan fingerprint density at radius 1 is 1.30 bits per heavy atom. The number of aromatic nitrogens is 2. The van der Waals surface area contributed by atoms with Crippen molar-refractivity contribution in [3.63, 3.8) is 0 Å². The lowest BCUT2D eigenvalue weighted by Crippen LogP contribution is -2.13. The van der Waals surface area contributed by atoms with Crippen molar-refractivity contribution < 1.29 is 4.39 Å². The van der Waals surface area contributed by atoms with E-state index < -0.39 is 0 Å². The predicted molar refractivity (Wildman–Crippen MR) is 86.6 cm³/mol. The van der Waals surface area contributed by atoms with Crippen LogP contribution in [0.1, 0.15) is 54.3 Å². The molecule has 1 aliphatic carbocycles. The van der Waals surface area contributed by atoms with Crippen molar-refractivity contribution in [3.05, 3.63) is 52.0 Å². The van der Waals surface area contributed by atoms with Crippen molar-refractivity contribution in [1.82, 2.24) is 10.2 Å². The number of anilines is 1. The Bertz CT molecular complexity index is 779. The molecule has 1 N–H and O–H groups in total. The standard InChI is InChI=1S/C18H19FN4/c1-3-13-15(10-20)18(23-22-16(13)4-2)21-17-8-5-11-9-12(19)6-7-14(11)17/h6-7,9,17H,3-5,8H2,1-2H3,(H,21,23). The van der Waals surface area contributed by atoms with Gasteiger partial charge in [0.1, 0.15) is 17.4 Å². The summed E-state index contributed by atoms with van der Waals surface area (Å²) in [4.78, 5) is 0. The molecule has 4 nitrogen and oxygen atoms in total. The minimum absolute atomic E-state index is 0.0455. The Balaban J connectivity index is 1.95. The minimum Gasteiger partial charge on any atom is -0.361 e. The highest BCUT2D eigenvalue weighted by Gasteiger charge is 2.25. The van der Waals surface area contributed by atoms with Crippen LogP contribution in [-0.4, -0.2) is 10.2 Å². The normalized spacial score (nSPS) is 16.0. The Morgan fingerprint density at radius 3 is 2.83 bits per heavy atom. The van der Waals surface area contributed by atoms with Crippen molar-refractivity contribution in [2.45, 2.75) is 45.6 Å². The van der Waals surface area contributed by atoms with E-state index in [2.05, 4.69) is 21.6 Å². The number of rotatable bonds is 4. The molecule has 0 amide bonds. The number of fused-ring (bicyclic) bond motifs is 1. The molecule has 1 aromatic heterocycles. The molecular weight excluding hydrogens is 291 g/mol. The van der Waals surface area contributed by atoms with E-state index in [0.29, 0.717) is 11.4 Å². The predicted octanol–water partition coefficient (Wildman–Crippen LogP) is 3.71. The van der Waals surface area contributed by atoms with Gasteiger partial charge >= 0.3 is 0 Å². The second-order valence-electron chi connectivity index (χ2n) is 5.75. The molecule has 0 aliphatic heterocycles. The Morgan fingerprint density at radius 2 is 2.13 bits per heavy atom. The van der Waals surface area contributed by atoms with Gasteiger partial charge in [-0.3, -0.25) is 0 Å². The Kier molecular flexibility index (Phi) is 4.24. The fourth-order valence-electron chi connectivity index (χ4n) is 3.30. The highest BCUT2D eigenvalue weighted by molar-refractivity contribution is 5.58. The molecule has 2 aromatic rings. The average Bonchev–Trinajstić information content (AvgIpc) is 2.96. The summed E-state index contributed by atoms with van der Waals surface area (Å²) >= 11 is 0. The summed E-state index contributed by atoms with van der Waals surface area (Å²) in [5.74, 6) is 0.325. The lowest BCUT2D eigenvalue weighted by molar-refractivity contribution is 0.626. The van der Waals surface area contributed by atoms with Gasteiger partial charge in [-0.05, 0) is 54.5 Å². The molecular formula is C18H19FN4. The first-order chi connectivity index (χ1) is 11.2. The first-order valence-corrected chi connectivity index (χ1v) is 8.01. The van der Waals surface area contributed by atoms with Crippen molar-refractivity contribution in [2.75, 3.05) is 5.32 Å². The Hall–Kier alpha value is -2.48. The molecule has 118 valence electrons. The second kappa shape index (κ2) is 6.33. The van der Waals surface area contributed by atoms with Crippen molar-refractivity contribution in [2.24, 2.45) is 0 Å². The van der Waals surface area contributed by atoms with Crippen LogP contribution >= 0.6 is 0 Å². The van der Waals surface area contributed by atoms with Gasteiger partial charge in [-0.25, -0.2) is 4.39 Å². The first-order valence-electron chi connectivity index (χ1n) is 8.01. The van der Waals surface area contributed by atoms with Gasteiger partial charge in [0.15, 0.2) is 5.82 Å². The van der Waals surface area contributed by atoms with Crippen molar-refractivity contribution in [1.29, 1.82) is 5.26 Å². The van der Waals surface area contributed by atoms with E-state index in [9.17, 15) is 9.65 Å². The van der Waals surface area contributed by atoms with Crippen LogP contribution < -0.4 is 5.32 Å². The molecule has 0 bridgehead atoms. The van der Waals surface area contributed by atoms with E-state index in [1.807, 2.05) is 19.9 Å². The summed E-state index contributed by atoms with van der Waals surface area (Å²) in [6.45, 7) is 4.04. The van der Waals surface area contributed by atoms with E-state index in [1.54, 1.807) is 6.07 Å². The van der Waals surface area contributed by atoms with Crippen LogP contribution in [-0.2, 0) is 19.3 Å². The minimum atomic E-state index is -0.206. The molecule has 0 fully saturated rings. The molecule has 0 radical (unpaired) electrons. The van der Waals surface area contributed by atoms with Crippen LogP contribution in [0.25, 0.3) is 0 Å². The molecule has 1 aliphatic rings. The zero-order valence-corrected chi connectivity index (χ0v) is 13.4. The van der Waals surface area contributed by atoms with E-state index in [4.69, 9.17) is 0 Å². The summed E-state index contributed by atoms with van der Waals surface area (Å²) in [6.07, 6.45) is 3.20. The number of benzene rings is 1. The maximum absolute atomic E-state index is 13.3. The van der Waals surface area contributed by atoms with Gasteiger partial charge in [-0.1, -0.05) is 19.9 Å². The zero-order chi connectivity index (χ0) is 16.4. The fraction of sp³-hybridized carbons (Fsp3) is 0.389. The topological polar surface area (TPSA) is 61.6 Å². The summed E-state index contributed by atoms with van der Waals surface area (Å²) in [7, 11) is 0. The highest BCUT2D eigenvalue weighted by atomic mass is 19.1. The highest BCUT2D eigenvalue weighted by Crippen LogP contribution is 2.35. The molecule has 3 rings (SSSR count). The van der Waals surface area contributed by atoms with Gasteiger partial charge in [0.25, 0.3) is 0 Å². The molecule has 1 atom stereocenters. The third kappa shape index (κ3) is 2.77. The van der Waals surface area contributed by atoms with Crippen molar-refractivity contribution >= 4 is 5.82 Å². The maximum atomic E-state index is 13.3. The number of halogens is 1. The summed E-state index contributed by atoms with van der Waals surface area (Å²) in [6, 6.07) is 7.20.